The normalized spacial score (nSPS) is 10.1. The number of hydrogen-bond acceptors (Lipinski definition) is 3. The number of carbonyl (C=O) groups is 1. The van der Waals surface area contributed by atoms with Crippen LogP contribution in [-0.4, -0.2) is 19.1 Å². The zero-order chi connectivity index (χ0) is 15.8. The second kappa shape index (κ2) is 8.02. The Morgan fingerprint density at radius 1 is 1.00 bits per heavy atom. The quantitative estimate of drug-likeness (QED) is 0.855. The van der Waals surface area contributed by atoms with Crippen LogP contribution in [0.4, 0.5) is 4.39 Å². The van der Waals surface area contributed by atoms with Crippen LogP contribution in [0.1, 0.15) is 12.5 Å². The van der Waals surface area contributed by atoms with Gasteiger partial charge in [0.25, 0.3) is 5.91 Å². The maximum atomic E-state index is 12.8. The number of hydrogen-bond donors (Lipinski definition) is 1. The van der Waals surface area contributed by atoms with Crippen molar-refractivity contribution in [2.24, 2.45) is 0 Å². The summed E-state index contributed by atoms with van der Waals surface area (Å²) < 4.78 is 23.5. The van der Waals surface area contributed by atoms with Gasteiger partial charge in [0.05, 0.1) is 6.61 Å². The zero-order valence-electron chi connectivity index (χ0n) is 12.3. The average molecular weight is 303 g/mol. The maximum Gasteiger partial charge on any atom is 0.258 e. The van der Waals surface area contributed by atoms with E-state index in [0.29, 0.717) is 18.9 Å². The van der Waals surface area contributed by atoms with Crippen LogP contribution in [0.15, 0.2) is 48.5 Å². The Bertz CT molecular complexity index is 596. The molecule has 0 bridgehead atoms. The van der Waals surface area contributed by atoms with Gasteiger partial charge in [-0.15, -0.1) is 0 Å². The summed E-state index contributed by atoms with van der Waals surface area (Å²) >= 11 is 0. The highest BCUT2D eigenvalue weighted by Crippen LogP contribution is 2.17. The van der Waals surface area contributed by atoms with Crippen molar-refractivity contribution in [1.82, 2.24) is 5.32 Å². The summed E-state index contributed by atoms with van der Waals surface area (Å²) in [5, 5.41) is 2.71. The van der Waals surface area contributed by atoms with Gasteiger partial charge in [0.15, 0.2) is 6.61 Å². The molecule has 116 valence electrons. The minimum Gasteiger partial charge on any atom is -0.494 e. The number of benzene rings is 2. The SMILES string of the molecule is CCOc1ccc(OCC(=O)NCc2ccc(F)cc2)cc1. The van der Waals surface area contributed by atoms with E-state index in [4.69, 9.17) is 9.47 Å². The molecule has 0 fully saturated rings. The van der Waals surface area contributed by atoms with E-state index in [1.807, 2.05) is 6.92 Å². The lowest BCUT2D eigenvalue weighted by Gasteiger charge is -2.08. The average Bonchev–Trinajstić information content (AvgIpc) is 2.54. The molecular formula is C17H18FNO3. The van der Waals surface area contributed by atoms with Gasteiger partial charge in [-0.05, 0) is 48.9 Å². The summed E-state index contributed by atoms with van der Waals surface area (Å²) in [5.41, 5.74) is 0.829. The first kappa shape index (κ1) is 15.8. The molecule has 2 aromatic rings. The predicted octanol–water partition coefficient (Wildman–Crippen LogP) is 2.92. The number of rotatable bonds is 7. The van der Waals surface area contributed by atoms with Crippen LogP contribution in [-0.2, 0) is 11.3 Å². The van der Waals surface area contributed by atoms with Crippen molar-refractivity contribution in [1.29, 1.82) is 0 Å². The van der Waals surface area contributed by atoms with Crippen molar-refractivity contribution in [3.8, 4) is 11.5 Å². The van der Waals surface area contributed by atoms with Crippen molar-refractivity contribution in [2.75, 3.05) is 13.2 Å². The number of ether oxygens (including phenoxy) is 2. The molecule has 0 aliphatic carbocycles. The third kappa shape index (κ3) is 5.09. The number of halogens is 1. The van der Waals surface area contributed by atoms with Crippen LogP contribution >= 0.6 is 0 Å². The molecule has 2 aromatic carbocycles. The molecule has 0 saturated carbocycles. The van der Waals surface area contributed by atoms with E-state index in [9.17, 15) is 9.18 Å². The Kier molecular flexibility index (Phi) is 5.77. The molecule has 0 saturated heterocycles. The Hall–Kier alpha value is -2.56. The molecule has 5 heteroatoms. The molecule has 1 amide bonds. The van der Waals surface area contributed by atoms with E-state index >= 15 is 0 Å². The maximum absolute atomic E-state index is 12.8. The lowest BCUT2D eigenvalue weighted by molar-refractivity contribution is -0.123. The largest absolute Gasteiger partial charge is 0.494 e. The summed E-state index contributed by atoms with van der Waals surface area (Å²) in [6.45, 7) is 2.78. The molecule has 0 aliphatic heterocycles. The molecule has 22 heavy (non-hydrogen) atoms. The van der Waals surface area contributed by atoms with E-state index in [-0.39, 0.29) is 18.3 Å². The first-order chi connectivity index (χ1) is 10.7. The fourth-order valence-corrected chi connectivity index (χ4v) is 1.80. The van der Waals surface area contributed by atoms with Crippen LogP contribution in [0.3, 0.4) is 0 Å². The van der Waals surface area contributed by atoms with E-state index in [1.165, 1.54) is 12.1 Å². The summed E-state index contributed by atoms with van der Waals surface area (Å²) in [6, 6.07) is 13.0. The van der Waals surface area contributed by atoms with E-state index in [0.717, 1.165) is 11.3 Å². The van der Waals surface area contributed by atoms with Crippen molar-refractivity contribution < 1.29 is 18.7 Å². The molecule has 0 atom stereocenters. The van der Waals surface area contributed by atoms with Crippen molar-refractivity contribution in [2.45, 2.75) is 13.5 Å². The summed E-state index contributed by atoms with van der Waals surface area (Å²) in [7, 11) is 0. The molecule has 1 N–H and O–H groups in total. The monoisotopic (exact) mass is 303 g/mol. The summed E-state index contributed by atoms with van der Waals surface area (Å²) in [4.78, 5) is 11.7. The predicted molar refractivity (Wildman–Crippen MR) is 81.4 cm³/mol. The first-order valence-corrected chi connectivity index (χ1v) is 7.04. The van der Waals surface area contributed by atoms with Gasteiger partial charge >= 0.3 is 0 Å². The Labute approximate surface area is 128 Å². The third-order valence-corrected chi connectivity index (χ3v) is 2.91. The second-order valence-electron chi connectivity index (χ2n) is 4.60. The molecule has 2 rings (SSSR count). The third-order valence-electron chi connectivity index (χ3n) is 2.91. The smallest absolute Gasteiger partial charge is 0.258 e. The Morgan fingerprint density at radius 2 is 1.59 bits per heavy atom. The minimum absolute atomic E-state index is 0.0742. The highest BCUT2D eigenvalue weighted by molar-refractivity contribution is 5.77. The molecule has 0 spiro atoms. The lowest BCUT2D eigenvalue weighted by Crippen LogP contribution is -2.28. The van der Waals surface area contributed by atoms with Gasteiger partial charge < -0.3 is 14.8 Å². The van der Waals surface area contributed by atoms with Crippen molar-refractivity contribution in [3.63, 3.8) is 0 Å². The molecule has 0 aliphatic rings. The van der Waals surface area contributed by atoms with Gasteiger partial charge in [-0.25, -0.2) is 4.39 Å². The Balaban J connectivity index is 1.74. The minimum atomic E-state index is -0.297. The van der Waals surface area contributed by atoms with Crippen LogP contribution in [0, 0.1) is 5.82 Å². The Morgan fingerprint density at radius 3 is 2.18 bits per heavy atom. The molecule has 4 nitrogen and oxygen atoms in total. The van der Waals surface area contributed by atoms with Crippen LogP contribution in [0.25, 0.3) is 0 Å². The van der Waals surface area contributed by atoms with Crippen LogP contribution in [0.2, 0.25) is 0 Å². The summed E-state index contributed by atoms with van der Waals surface area (Å²) in [5.74, 6) is 0.822. The topological polar surface area (TPSA) is 47.6 Å². The van der Waals surface area contributed by atoms with E-state index in [1.54, 1.807) is 36.4 Å². The fourth-order valence-electron chi connectivity index (χ4n) is 1.80. The van der Waals surface area contributed by atoms with Gasteiger partial charge in [0.2, 0.25) is 0 Å². The molecule has 0 aromatic heterocycles. The second-order valence-corrected chi connectivity index (χ2v) is 4.60. The number of carbonyl (C=O) groups excluding carboxylic acids is 1. The van der Waals surface area contributed by atoms with E-state index in [2.05, 4.69) is 5.32 Å². The van der Waals surface area contributed by atoms with Crippen LogP contribution < -0.4 is 14.8 Å². The lowest BCUT2D eigenvalue weighted by atomic mass is 10.2. The fraction of sp³-hybridized carbons (Fsp3) is 0.235. The highest BCUT2D eigenvalue weighted by Gasteiger charge is 2.03. The molecule has 0 heterocycles. The van der Waals surface area contributed by atoms with Gasteiger partial charge in [0, 0.05) is 6.54 Å². The first-order valence-electron chi connectivity index (χ1n) is 7.04. The van der Waals surface area contributed by atoms with Gasteiger partial charge in [-0.1, -0.05) is 12.1 Å². The zero-order valence-corrected chi connectivity index (χ0v) is 12.3. The molecular weight excluding hydrogens is 285 g/mol. The van der Waals surface area contributed by atoms with Gasteiger partial charge in [0.1, 0.15) is 17.3 Å². The van der Waals surface area contributed by atoms with Gasteiger partial charge in [-0.2, -0.15) is 0 Å². The van der Waals surface area contributed by atoms with Gasteiger partial charge in [-0.3, -0.25) is 4.79 Å². The van der Waals surface area contributed by atoms with E-state index < -0.39 is 0 Å². The standard InChI is InChI=1S/C17H18FNO3/c1-2-21-15-7-9-16(10-8-15)22-12-17(20)19-11-13-3-5-14(18)6-4-13/h3-10H,2,11-12H2,1H3,(H,19,20). The number of amides is 1. The molecule has 0 unspecified atom stereocenters. The van der Waals surface area contributed by atoms with Crippen molar-refractivity contribution in [3.05, 3.63) is 59.9 Å². The number of nitrogens with one attached hydrogen (secondary N) is 1. The van der Waals surface area contributed by atoms with Crippen molar-refractivity contribution >= 4 is 5.91 Å². The van der Waals surface area contributed by atoms with Crippen LogP contribution in [0.5, 0.6) is 11.5 Å². The summed E-state index contributed by atoms with van der Waals surface area (Å²) in [6.07, 6.45) is 0. The highest BCUT2D eigenvalue weighted by atomic mass is 19.1. The molecule has 0 radical (unpaired) electrons.